The largest absolute Gasteiger partial charge is 0.317 e. The molecule has 5 nitrogen and oxygen atoms in total. The highest BCUT2D eigenvalue weighted by Crippen LogP contribution is 2.28. The van der Waals surface area contributed by atoms with E-state index in [4.69, 9.17) is 0 Å². The van der Waals surface area contributed by atoms with Crippen LogP contribution >= 0.6 is 11.3 Å². The minimum absolute atomic E-state index is 0.0909. The van der Waals surface area contributed by atoms with Crippen molar-refractivity contribution < 1.29 is 4.79 Å². The summed E-state index contributed by atoms with van der Waals surface area (Å²) in [4.78, 5) is 26.0. The average molecular weight is 359 g/mol. The molecule has 126 valence electrons. The number of rotatable bonds is 2. The Morgan fingerprint density at radius 2 is 1.88 bits per heavy atom. The smallest absolute Gasteiger partial charge is 0.280 e. The van der Waals surface area contributed by atoms with Crippen molar-refractivity contribution in [2.45, 2.75) is 6.92 Å². The molecule has 0 aliphatic carbocycles. The second-order valence-electron chi connectivity index (χ2n) is 5.92. The third-order valence-corrected chi connectivity index (χ3v) is 5.31. The van der Waals surface area contributed by atoms with Gasteiger partial charge in [-0.3, -0.25) is 14.0 Å². The van der Waals surface area contributed by atoms with Crippen LogP contribution in [-0.2, 0) is 0 Å². The molecule has 0 unspecified atom stereocenters. The van der Waals surface area contributed by atoms with Gasteiger partial charge in [-0.05, 0) is 37.3 Å². The molecule has 0 spiro atoms. The maximum atomic E-state index is 12.9. The summed E-state index contributed by atoms with van der Waals surface area (Å²) in [7, 11) is 0. The number of carbonyl (C=O) groups excluding carboxylic acids is 1. The number of pyridine rings is 1. The molecule has 0 aliphatic rings. The van der Waals surface area contributed by atoms with Crippen molar-refractivity contribution in [1.29, 1.82) is 5.26 Å². The summed E-state index contributed by atoms with van der Waals surface area (Å²) in [5, 5.41) is 12.1. The Bertz CT molecular complexity index is 1260. The van der Waals surface area contributed by atoms with Crippen LogP contribution in [0.15, 0.2) is 59.4 Å². The highest BCUT2D eigenvalue weighted by molar-refractivity contribution is 7.24. The third-order valence-electron chi connectivity index (χ3n) is 4.15. The maximum absolute atomic E-state index is 12.9. The second kappa shape index (κ2) is 6.14. The van der Waals surface area contributed by atoms with Crippen molar-refractivity contribution in [3.63, 3.8) is 0 Å². The minimum Gasteiger partial charge on any atom is -0.317 e. The van der Waals surface area contributed by atoms with Gasteiger partial charge in [-0.2, -0.15) is 5.26 Å². The summed E-state index contributed by atoms with van der Waals surface area (Å²) in [6, 6.07) is 18.1. The molecule has 0 radical (unpaired) electrons. The number of carbonyl (C=O) groups is 1. The summed E-state index contributed by atoms with van der Waals surface area (Å²) < 4.78 is 2.40. The summed E-state index contributed by atoms with van der Waals surface area (Å²) in [5.41, 5.74) is 2.31. The highest BCUT2D eigenvalue weighted by Gasteiger charge is 2.16. The van der Waals surface area contributed by atoms with Crippen LogP contribution < -0.4 is 10.9 Å². The molecule has 0 bridgehead atoms. The Balaban J connectivity index is 1.88. The molecule has 2 aromatic carbocycles. The molecule has 4 aromatic rings. The Kier molecular flexibility index (Phi) is 3.79. The lowest BCUT2D eigenvalue weighted by Gasteiger charge is -2.07. The Morgan fingerprint density at radius 1 is 1.15 bits per heavy atom. The molecular formula is C20H13N3O2S. The monoisotopic (exact) mass is 359 g/mol. The molecule has 1 N–H and O–H groups in total. The predicted octanol–water partition coefficient (Wildman–Crippen LogP) is 3.95. The fourth-order valence-electron chi connectivity index (χ4n) is 2.82. The fraction of sp³-hybridized carbons (Fsp3) is 0.0500. The lowest BCUT2D eigenvalue weighted by Crippen LogP contribution is -2.22. The van der Waals surface area contributed by atoms with Crippen molar-refractivity contribution in [3.05, 3.63) is 81.6 Å². The zero-order chi connectivity index (χ0) is 18.3. The average Bonchev–Trinajstić information content (AvgIpc) is 3.04. The molecule has 6 heteroatoms. The predicted molar refractivity (Wildman–Crippen MR) is 103 cm³/mol. The highest BCUT2D eigenvalue weighted by atomic mass is 32.1. The molecular weight excluding hydrogens is 346 g/mol. The van der Waals surface area contributed by atoms with Gasteiger partial charge in [0.15, 0.2) is 0 Å². The van der Waals surface area contributed by atoms with Crippen LogP contribution in [0.4, 0.5) is 5.69 Å². The number of aromatic nitrogens is 1. The van der Waals surface area contributed by atoms with Gasteiger partial charge in [0.25, 0.3) is 11.5 Å². The molecule has 4 rings (SSSR count). The molecule has 26 heavy (non-hydrogen) atoms. The maximum Gasteiger partial charge on any atom is 0.280 e. The van der Waals surface area contributed by atoms with E-state index in [1.807, 2.05) is 43.3 Å². The van der Waals surface area contributed by atoms with Gasteiger partial charge in [-0.15, -0.1) is 11.3 Å². The second-order valence-corrected chi connectivity index (χ2v) is 6.95. The van der Waals surface area contributed by atoms with Crippen molar-refractivity contribution >= 4 is 38.0 Å². The number of nitrogens with zero attached hydrogens (tertiary/aromatic N) is 2. The zero-order valence-corrected chi connectivity index (χ0v) is 14.6. The van der Waals surface area contributed by atoms with Gasteiger partial charge < -0.3 is 5.32 Å². The first kappa shape index (κ1) is 16.1. The standard InChI is InChI=1S/C20H13N3O2S/c1-12-6-8-13(9-7-12)18(24)22-15-10-14(11-21)20-23(19(15)25)16-4-2-3-5-17(16)26-20/h2-10H,1H3,(H,22,24). The molecule has 2 aromatic heterocycles. The van der Waals surface area contributed by atoms with Crippen LogP contribution in [0.3, 0.4) is 0 Å². The number of benzene rings is 2. The number of anilines is 1. The van der Waals surface area contributed by atoms with E-state index in [1.165, 1.54) is 21.8 Å². The van der Waals surface area contributed by atoms with E-state index in [0.717, 1.165) is 15.8 Å². The summed E-state index contributed by atoms with van der Waals surface area (Å²) in [6.07, 6.45) is 0. The van der Waals surface area contributed by atoms with Crippen LogP contribution in [0.1, 0.15) is 21.5 Å². The van der Waals surface area contributed by atoms with Gasteiger partial charge in [0, 0.05) is 5.56 Å². The van der Waals surface area contributed by atoms with E-state index >= 15 is 0 Å². The Morgan fingerprint density at radius 3 is 2.62 bits per heavy atom. The number of aryl methyl sites for hydroxylation is 1. The number of fused-ring (bicyclic) bond motifs is 3. The van der Waals surface area contributed by atoms with Gasteiger partial charge >= 0.3 is 0 Å². The SMILES string of the molecule is Cc1ccc(C(=O)Nc2cc(C#N)c3sc4ccccc4n3c2=O)cc1. The zero-order valence-electron chi connectivity index (χ0n) is 13.8. The van der Waals surface area contributed by atoms with Crippen LogP contribution in [0.2, 0.25) is 0 Å². The topological polar surface area (TPSA) is 74.4 Å². The van der Waals surface area contributed by atoms with E-state index in [9.17, 15) is 14.9 Å². The number of hydrogen-bond donors (Lipinski definition) is 1. The van der Waals surface area contributed by atoms with Crippen LogP contribution in [0.25, 0.3) is 15.0 Å². The van der Waals surface area contributed by atoms with Crippen molar-refractivity contribution in [3.8, 4) is 6.07 Å². The van der Waals surface area contributed by atoms with Gasteiger partial charge in [-0.1, -0.05) is 29.8 Å². The first-order valence-electron chi connectivity index (χ1n) is 7.94. The van der Waals surface area contributed by atoms with Crippen molar-refractivity contribution in [2.24, 2.45) is 0 Å². The number of amides is 1. The minimum atomic E-state index is -0.384. The molecule has 0 aliphatic heterocycles. The van der Waals surface area contributed by atoms with Gasteiger partial charge in [0.2, 0.25) is 0 Å². The van der Waals surface area contributed by atoms with E-state index in [0.29, 0.717) is 16.0 Å². The number of nitrogens with one attached hydrogen (secondary N) is 1. The molecule has 2 heterocycles. The summed E-state index contributed by atoms with van der Waals surface area (Å²) in [6.45, 7) is 1.93. The molecule has 0 saturated heterocycles. The molecule has 0 atom stereocenters. The van der Waals surface area contributed by atoms with Crippen molar-refractivity contribution in [1.82, 2.24) is 4.40 Å². The number of hydrogen-bond acceptors (Lipinski definition) is 4. The van der Waals surface area contributed by atoms with E-state index in [1.54, 1.807) is 12.1 Å². The quantitative estimate of drug-likeness (QED) is 0.589. The van der Waals surface area contributed by atoms with Gasteiger partial charge in [0.05, 0.1) is 15.8 Å². The normalized spacial score (nSPS) is 10.8. The summed E-state index contributed by atoms with van der Waals surface area (Å²) >= 11 is 1.38. The first-order valence-corrected chi connectivity index (χ1v) is 8.75. The Labute approximate surface area is 152 Å². The molecule has 0 saturated carbocycles. The van der Waals surface area contributed by atoms with Crippen LogP contribution in [0, 0.1) is 18.3 Å². The lowest BCUT2D eigenvalue weighted by atomic mass is 10.1. The fourth-order valence-corrected chi connectivity index (χ4v) is 3.93. The van der Waals surface area contributed by atoms with Gasteiger partial charge in [-0.25, -0.2) is 0 Å². The number of para-hydroxylation sites is 1. The lowest BCUT2D eigenvalue weighted by molar-refractivity contribution is 0.102. The van der Waals surface area contributed by atoms with Crippen molar-refractivity contribution in [2.75, 3.05) is 5.32 Å². The Hall–Kier alpha value is -3.43. The number of nitriles is 1. The van der Waals surface area contributed by atoms with Gasteiger partial charge in [0.1, 0.15) is 16.6 Å². The van der Waals surface area contributed by atoms with E-state index in [-0.39, 0.29) is 17.2 Å². The summed E-state index contributed by atoms with van der Waals surface area (Å²) in [5.74, 6) is -0.384. The molecule has 1 amide bonds. The van der Waals surface area contributed by atoms with Crippen LogP contribution in [-0.4, -0.2) is 10.3 Å². The third kappa shape index (κ3) is 2.55. The van der Waals surface area contributed by atoms with Crippen LogP contribution in [0.5, 0.6) is 0 Å². The van der Waals surface area contributed by atoms with E-state index in [2.05, 4.69) is 11.4 Å². The number of thiazole rings is 1. The van der Waals surface area contributed by atoms with E-state index < -0.39 is 0 Å². The molecule has 0 fully saturated rings. The first-order chi connectivity index (χ1) is 12.6.